The molecule has 0 spiro atoms. The topological polar surface area (TPSA) is 64.1 Å². The predicted molar refractivity (Wildman–Crippen MR) is 57.3 cm³/mol. The lowest BCUT2D eigenvalue weighted by molar-refractivity contribution is 0.475. The summed E-state index contributed by atoms with van der Waals surface area (Å²) in [7, 11) is 0. The lowest BCUT2D eigenvalue weighted by Crippen LogP contribution is -2.09. The molecule has 78 valence electrons. The van der Waals surface area contributed by atoms with Crippen LogP contribution in [0.25, 0.3) is 0 Å². The standard InChI is InChI=1S/C11H13N3O/c12-7-10-5-6-13-14(10)8-9-1-3-11(15)4-2-9/h1-6,15H,7-8,12H2. The average Bonchev–Trinajstić information content (AvgIpc) is 2.69. The Bertz CT molecular complexity index is 433. The quantitative estimate of drug-likeness (QED) is 0.785. The zero-order valence-electron chi connectivity index (χ0n) is 8.30. The number of aromatic hydroxyl groups is 1. The van der Waals surface area contributed by atoms with Gasteiger partial charge in [-0.3, -0.25) is 4.68 Å². The zero-order valence-corrected chi connectivity index (χ0v) is 8.30. The lowest BCUT2D eigenvalue weighted by atomic mass is 10.2. The smallest absolute Gasteiger partial charge is 0.115 e. The second kappa shape index (κ2) is 4.14. The molecule has 0 aliphatic carbocycles. The van der Waals surface area contributed by atoms with E-state index in [9.17, 15) is 0 Å². The number of benzene rings is 1. The Hall–Kier alpha value is -1.81. The van der Waals surface area contributed by atoms with Gasteiger partial charge in [-0.1, -0.05) is 12.1 Å². The molecule has 0 radical (unpaired) electrons. The maximum atomic E-state index is 9.14. The predicted octanol–water partition coefficient (Wildman–Crippen LogP) is 1.10. The first-order valence-electron chi connectivity index (χ1n) is 4.78. The highest BCUT2D eigenvalue weighted by molar-refractivity contribution is 5.26. The zero-order chi connectivity index (χ0) is 10.7. The van der Waals surface area contributed by atoms with Gasteiger partial charge in [-0.15, -0.1) is 0 Å². The number of rotatable bonds is 3. The van der Waals surface area contributed by atoms with Crippen LogP contribution in [0.1, 0.15) is 11.3 Å². The molecular formula is C11H13N3O. The third-order valence-corrected chi connectivity index (χ3v) is 2.28. The molecule has 0 aliphatic rings. The molecule has 0 unspecified atom stereocenters. The van der Waals surface area contributed by atoms with Gasteiger partial charge < -0.3 is 10.8 Å². The molecular weight excluding hydrogens is 190 g/mol. The van der Waals surface area contributed by atoms with E-state index in [1.165, 1.54) is 0 Å². The minimum atomic E-state index is 0.276. The van der Waals surface area contributed by atoms with Gasteiger partial charge in [-0.05, 0) is 23.8 Å². The van der Waals surface area contributed by atoms with Crippen LogP contribution in [0.2, 0.25) is 0 Å². The molecule has 1 aromatic carbocycles. The van der Waals surface area contributed by atoms with Crippen molar-refractivity contribution < 1.29 is 5.11 Å². The van der Waals surface area contributed by atoms with Gasteiger partial charge in [0.2, 0.25) is 0 Å². The second-order valence-corrected chi connectivity index (χ2v) is 3.35. The highest BCUT2D eigenvalue weighted by Crippen LogP contribution is 2.11. The first-order valence-corrected chi connectivity index (χ1v) is 4.78. The molecule has 4 nitrogen and oxygen atoms in total. The summed E-state index contributed by atoms with van der Waals surface area (Å²) < 4.78 is 1.85. The third kappa shape index (κ3) is 2.16. The maximum Gasteiger partial charge on any atom is 0.115 e. The SMILES string of the molecule is NCc1ccnn1Cc1ccc(O)cc1. The normalized spacial score (nSPS) is 10.5. The summed E-state index contributed by atoms with van der Waals surface area (Å²) in [6.07, 6.45) is 1.74. The van der Waals surface area contributed by atoms with E-state index in [1.54, 1.807) is 18.3 Å². The second-order valence-electron chi connectivity index (χ2n) is 3.35. The largest absolute Gasteiger partial charge is 0.508 e. The molecule has 2 aromatic rings. The average molecular weight is 203 g/mol. The Labute approximate surface area is 88.0 Å². The van der Waals surface area contributed by atoms with Gasteiger partial charge in [-0.2, -0.15) is 5.10 Å². The van der Waals surface area contributed by atoms with Gasteiger partial charge in [0, 0.05) is 12.7 Å². The molecule has 0 saturated carbocycles. The van der Waals surface area contributed by atoms with Crippen LogP contribution in [0.4, 0.5) is 0 Å². The van der Waals surface area contributed by atoms with Crippen LogP contribution < -0.4 is 5.73 Å². The van der Waals surface area contributed by atoms with Gasteiger partial charge in [0.15, 0.2) is 0 Å². The summed E-state index contributed by atoms with van der Waals surface area (Å²) in [6.45, 7) is 1.16. The van der Waals surface area contributed by atoms with E-state index in [-0.39, 0.29) is 5.75 Å². The molecule has 0 fully saturated rings. The summed E-state index contributed by atoms with van der Waals surface area (Å²) in [5, 5.41) is 13.3. The van der Waals surface area contributed by atoms with E-state index in [0.29, 0.717) is 13.1 Å². The molecule has 15 heavy (non-hydrogen) atoms. The molecule has 0 aliphatic heterocycles. The van der Waals surface area contributed by atoms with E-state index >= 15 is 0 Å². The highest BCUT2D eigenvalue weighted by atomic mass is 16.3. The van der Waals surface area contributed by atoms with Crippen LogP contribution in [-0.4, -0.2) is 14.9 Å². The van der Waals surface area contributed by atoms with Crippen molar-refractivity contribution in [2.45, 2.75) is 13.1 Å². The number of nitrogens with zero attached hydrogens (tertiary/aromatic N) is 2. The van der Waals surface area contributed by atoms with E-state index in [2.05, 4.69) is 5.10 Å². The van der Waals surface area contributed by atoms with Crippen molar-refractivity contribution in [1.82, 2.24) is 9.78 Å². The molecule has 0 amide bonds. The Morgan fingerprint density at radius 2 is 1.93 bits per heavy atom. The van der Waals surface area contributed by atoms with Crippen LogP contribution in [0.5, 0.6) is 5.75 Å². The molecule has 1 heterocycles. The van der Waals surface area contributed by atoms with Crippen LogP contribution in [0.15, 0.2) is 36.5 Å². The Kier molecular flexibility index (Phi) is 2.69. The lowest BCUT2D eigenvalue weighted by Gasteiger charge is -2.05. The van der Waals surface area contributed by atoms with Crippen molar-refractivity contribution in [2.75, 3.05) is 0 Å². The van der Waals surface area contributed by atoms with Gasteiger partial charge >= 0.3 is 0 Å². The maximum absolute atomic E-state index is 9.14. The molecule has 0 saturated heterocycles. The fourth-order valence-corrected chi connectivity index (χ4v) is 1.45. The summed E-state index contributed by atoms with van der Waals surface area (Å²) in [4.78, 5) is 0. The Morgan fingerprint density at radius 1 is 1.20 bits per heavy atom. The number of phenols is 1. The number of nitrogens with two attached hydrogens (primary N) is 1. The van der Waals surface area contributed by atoms with Gasteiger partial charge in [0.05, 0.1) is 12.2 Å². The first kappa shape index (κ1) is 9.73. The van der Waals surface area contributed by atoms with Crippen molar-refractivity contribution in [2.24, 2.45) is 5.73 Å². The number of hydrogen-bond donors (Lipinski definition) is 2. The van der Waals surface area contributed by atoms with E-state index in [1.807, 2.05) is 22.9 Å². The summed E-state index contributed by atoms with van der Waals surface area (Å²) in [5.41, 5.74) is 7.66. The monoisotopic (exact) mass is 203 g/mol. The first-order chi connectivity index (χ1) is 7.29. The number of aromatic nitrogens is 2. The van der Waals surface area contributed by atoms with Crippen LogP contribution in [-0.2, 0) is 13.1 Å². The molecule has 4 heteroatoms. The molecule has 3 N–H and O–H groups in total. The molecule has 1 aromatic heterocycles. The van der Waals surface area contributed by atoms with Crippen molar-refractivity contribution in [3.8, 4) is 5.75 Å². The van der Waals surface area contributed by atoms with Crippen molar-refractivity contribution in [3.05, 3.63) is 47.8 Å². The van der Waals surface area contributed by atoms with Gasteiger partial charge in [-0.25, -0.2) is 0 Å². The third-order valence-electron chi connectivity index (χ3n) is 2.28. The van der Waals surface area contributed by atoms with Crippen molar-refractivity contribution in [3.63, 3.8) is 0 Å². The summed E-state index contributed by atoms with van der Waals surface area (Å²) in [6, 6.07) is 8.98. The van der Waals surface area contributed by atoms with Crippen molar-refractivity contribution >= 4 is 0 Å². The van der Waals surface area contributed by atoms with E-state index in [0.717, 1.165) is 11.3 Å². The summed E-state index contributed by atoms with van der Waals surface area (Å²) >= 11 is 0. The van der Waals surface area contributed by atoms with Crippen LogP contribution in [0, 0.1) is 0 Å². The van der Waals surface area contributed by atoms with Crippen molar-refractivity contribution in [1.29, 1.82) is 0 Å². The molecule has 0 atom stereocenters. The van der Waals surface area contributed by atoms with Crippen LogP contribution in [0.3, 0.4) is 0 Å². The number of phenolic OH excluding ortho intramolecular Hbond substituents is 1. The van der Waals surface area contributed by atoms with Crippen LogP contribution >= 0.6 is 0 Å². The summed E-state index contributed by atoms with van der Waals surface area (Å²) in [5.74, 6) is 0.276. The fraction of sp³-hybridized carbons (Fsp3) is 0.182. The molecule has 0 bridgehead atoms. The van der Waals surface area contributed by atoms with E-state index < -0.39 is 0 Å². The molecule has 2 rings (SSSR count). The Morgan fingerprint density at radius 3 is 2.60 bits per heavy atom. The highest BCUT2D eigenvalue weighted by Gasteiger charge is 2.01. The fourth-order valence-electron chi connectivity index (χ4n) is 1.45. The minimum Gasteiger partial charge on any atom is -0.508 e. The number of hydrogen-bond acceptors (Lipinski definition) is 3. The van der Waals surface area contributed by atoms with Gasteiger partial charge in [0.1, 0.15) is 5.75 Å². The minimum absolute atomic E-state index is 0.276. The van der Waals surface area contributed by atoms with E-state index in [4.69, 9.17) is 10.8 Å². The Balaban J connectivity index is 2.18. The van der Waals surface area contributed by atoms with Gasteiger partial charge in [0.25, 0.3) is 0 Å².